The van der Waals surface area contributed by atoms with E-state index in [0.717, 1.165) is 0 Å². The summed E-state index contributed by atoms with van der Waals surface area (Å²) in [5.74, 6) is -1.35. The summed E-state index contributed by atoms with van der Waals surface area (Å²) >= 11 is 0. The van der Waals surface area contributed by atoms with Crippen LogP contribution in [0.15, 0.2) is 0 Å². The lowest BCUT2D eigenvalue weighted by Crippen LogP contribution is -2.57. The first-order chi connectivity index (χ1) is 10.2. The van der Waals surface area contributed by atoms with Crippen LogP contribution in [0, 0.1) is 5.92 Å². The van der Waals surface area contributed by atoms with Gasteiger partial charge in [-0.2, -0.15) is 13.2 Å². The maximum atomic E-state index is 12.9. The maximum Gasteiger partial charge on any atom is 0.391 e. The second-order valence-electron chi connectivity index (χ2n) is 9.05. The van der Waals surface area contributed by atoms with Crippen LogP contribution >= 0.6 is 0 Å². The summed E-state index contributed by atoms with van der Waals surface area (Å²) < 4.78 is 57.4. The van der Waals surface area contributed by atoms with Crippen LogP contribution in [-0.4, -0.2) is 39.9 Å². The molecule has 0 aromatic rings. The molecule has 0 rings (SSSR count). The lowest BCUT2D eigenvalue weighted by Gasteiger charge is -2.41. The highest BCUT2D eigenvalue weighted by molar-refractivity contribution is 6.89. The fourth-order valence-corrected chi connectivity index (χ4v) is 20.8. The molecule has 2 unspecified atom stereocenters. The second kappa shape index (κ2) is 8.05. The molecular weight excluding hydrogens is 385 g/mol. The predicted molar refractivity (Wildman–Crippen MR) is 104 cm³/mol. The fourth-order valence-electron chi connectivity index (χ4n) is 2.69. The van der Waals surface area contributed by atoms with E-state index >= 15 is 0 Å². The number of rotatable bonds is 9. The maximum absolute atomic E-state index is 12.9. The van der Waals surface area contributed by atoms with Gasteiger partial charge in [0.05, 0.1) is 5.92 Å². The Balaban J connectivity index is 5.21. The molecule has 0 saturated carbocycles. The van der Waals surface area contributed by atoms with E-state index in [1.165, 1.54) is 6.92 Å². The fraction of sp³-hybridized carbons (Fsp3) is 1.00. The van der Waals surface area contributed by atoms with Crippen LogP contribution in [0.25, 0.3) is 0 Å². The van der Waals surface area contributed by atoms with Crippen LogP contribution in [-0.2, 0) is 12.3 Å². The zero-order valence-electron chi connectivity index (χ0n) is 16.9. The minimum atomic E-state index is -4.17. The molecule has 0 saturated heterocycles. The molecule has 0 fully saturated rings. The highest BCUT2D eigenvalue weighted by atomic mass is 28.5. The lowest BCUT2D eigenvalue weighted by atomic mass is 10.1. The molecule has 10 heteroatoms. The molecule has 0 spiro atoms. The van der Waals surface area contributed by atoms with Crippen LogP contribution < -0.4 is 0 Å². The number of alkyl halides is 3. The first-order valence-electron chi connectivity index (χ1n) is 8.42. The van der Waals surface area contributed by atoms with Gasteiger partial charge in [0.1, 0.15) is 0 Å². The van der Waals surface area contributed by atoms with Crippen molar-refractivity contribution in [1.82, 2.24) is 0 Å². The third-order valence-corrected chi connectivity index (χ3v) is 16.6. The smallest absolute Gasteiger partial charge is 0.391 e. The van der Waals surface area contributed by atoms with E-state index in [-0.39, 0.29) is 6.42 Å². The van der Waals surface area contributed by atoms with E-state index < -0.39 is 45.9 Å². The molecule has 0 aromatic heterocycles. The number of hydrogen-bond donors (Lipinski definition) is 0. The van der Waals surface area contributed by atoms with Crippen molar-refractivity contribution in [2.24, 2.45) is 5.92 Å². The Kier molecular flexibility index (Phi) is 8.23. The van der Waals surface area contributed by atoms with Crippen LogP contribution in [0.5, 0.6) is 0 Å². The minimum Gasteiger partial charge on any atom is -0.437 e. The van der Waals surface area contributed by atoms with Crippen LogP contribution in [0.1, 0.15) is 13.3 Å². The number of halogens is 3. The zero-order chi connectivity index (χ0) is 19.6. The van der Waals surface area contributed by atoms with Gasteiger partial charge in [-0.15, -0.1) is 0 Å². The van der Waals surface area contributed by atoms with Crippen molar-refractivity contribution in [1.29, 1.82) is 0 Å². The third kappa shape index (κ3) is 11.2. The van der Waals surface area contributed by atoms with Gasteiger partial charge in [0, 0.05) is 0 Å². The Labute approximate surface area is 150 Å². The van der Waals surface area contributed by atoms with Crippen molar-refractivity contribution in [3.63, 3.8) is 0 Å². The Hall–Kier alpha value is 0.538. The summed E-state index contributed by atoms with van der Waals surface area (Å²) in [5, 5.41) is 0. The minimum absolute atomic E-state index is 0.0358. The highest BCUT2D eigenvalue weighted by Gasteiger charge is 2.46. The van der Waals surface area contributed by atoms with Gasteiger partial charge in [0.15, 0.2) is 16.6 Å². The summed E-state index contributed by atoms with van der Waals surface area (Å²) in [7, 11) is -8.92. The molecule has 0 aliphatic rings. The van der Waals surface area contributed by atoms with Crippen molar-refractivity contribution in [2.75, 3.05) is 0 Å². The monoisotopic (exact) mass is 420 g/mol. The molecule has 0 amide bonds. The summed E-state index contributed by atoms with van der Waals surface area (Å²) in [6, 6.07) is 0.337. The Morgan fingerprint density at radius 2 is 1.17 bits per heavy atom. The molecule has 0 aliphatic heterocycles. The van der Waals surface area contributed by atoms with Gasteiger partial charge in [0.25, 0.3) is 0 Å². The van der Waals surface area contributed by atoms with Crippen molar-refractivity contribution in [3.05, 3.63) is 0 Å². The van der Waals surface area contributed by atoms with Gasteiger partial charge in [0.2, 0.25) is 0 Å². The summed E-state index contributed by atoms with van der Waals surface area (Å²) in [6.07, 6.45) is -4.13. The summed E-state index contributed by atoms with van der Waals surface area (Å²) in [6.45, 7) is 19.5. The van der Waals surface area contributed by atoms with Gasteiger partial charge in [-0.05, 0) is 71.4 Å². The highest BCUT2D eigenvalue weighted by Crippen LogP contribution is 2.34. The van der Waals surface area contributed by atoms with Crippen molar-refractivity contribution >= 4 is 33.8 Å². The average molecular weight is 421 g/mol. The Bertz CT molecular complexity index is 406. The predicted octanol–water partition coefficient (Wildman–Crippen LogP) is 6.07. The van der Waals surface area contributed by atoms with Crippen LogP contribution in [0.3, 0.4) is 0 Å². The first-order valence-corrected chi connectivity index (χ1v) is 20.6. The molecule has 0 aliphatic carbocycles. The van der Waals surface area contributed by atoms with Crippen molar-refractivity contribution in [3.8, 4) is 0 Å². The third-order valence-electron chi connectivity index (χ3n) is 3.13. The van der Waals surface area contributed by atoms with E-state index in [1.807, 2.05) is 39.3 Å². The standard InChI is InChI=1S/C14H35F3O3Si4/c1-13(14(15,16)17)11-12-24(10,19-22(5,6)7)20-23(8,9)18-21(2,3)4/h13H,11-12H2,1-10H3. The van der Waals surface area contributed by atoms with E-state index in [4.69, 9.17) is 12.3 Å². The molecular formula is C14H35F3O3Si4. The van der Waals surface area contributed by atoms with E-state index in [2.05, 4.69) is 19.6 Å². The average Bonchev–Trinajstić information content (AvgIpc) is 2.16. The molecule has 3 nitrogen and oxygen atoms in total. The van der Waals surface area contributed by atoms with Crippen LogP contribution in [0.4, 0.5) is 13.2 Å². The van der Waals surface area contributed by atoms with E-state index in [0.29, 0.717) is 6.04 Å². The van der Waals surface area contributed by atoms with Crippen molar-refractivity contribution < 1.29 is 25.5 Å². The summed E-state index contributed by atoms with van der Waals surface area (Å²) in [5.41, 5.74) is 0. The lowest BCUT2D eigenvalue weighted by molar-refractivity contribution is -0.170. The van der Waals surface area contributed by atoms with Gasteiger partial charge in [-0.3, -0.25) is 0 Å². The normalized spacial score (nSPS) is 18.4. The molecule has 0 heterocycles. The second-order valence-corrected chi connectivity index (χ2v) is 25.5. The quantitative estimate of drug-likeness (QED) is 0.424. The van der Waals surface area contributed by atoms with Gasteiger partial charge in [-0.25, -0.2) is 0 Å². The molecule has 2 atom stereocenters. The molecule has 0 N–H and O–H groups in total. The van der Waals surface area contributed by atoms with E-state index in [9.17, 15) is 13.2 Å². The Morgan fingerprint density at radius 1 is 0.750 bits per heavy atom. The molecule has 0 radical (unpaired) electrons. The van der Waals surface area contributed by atoms with Gasteiger partial charge in [-0.1, -0.05) is 6.92 Å². The zero-order valence-corrected chi connectivity index (χ0v) is 20.9. The molecule has 146 valence electrons. The topological polar surface area (TPSA) is 27.7 Å². The van der Waals surface area contributed by atoms with Gasteiger partial charge >= 0.3 is 23.3 Å². The summed E-state index contributed by atoms with van der Waals surface area (Å²) in [4.78, 5) is 0. The SMILES string of the molecule is CC(CC[Si](C)(O[Si](C)(C)C)O[Si](C)(C)O[Si](C)(C)C)C(F)(F)F. The first kappa shape index (κ1) is 24.5. The largest absolute Gasteiger partial charge is 0.437 e. The van der Waals surface area contributed by atoms with Crippen LogP contribution in [0.2, 0.25) is 65.0 Å². The molecule has 0 bridgehead atoms. The molecule has 0 aromatic carbocycles. The van der Waals surface area contributed by atoms with E-state index in [1.54, 1.807) is 0 Å². The number of hydrogen-bond acceptors (Lipinski definition) is 3. The van der Waals surface area contributed by atoms with Gasteiger partial charge < -0.3 is 12.3 Å². The Morgan fingerprint density at radius 3 is 1.50 bits per heavy atom. The van der Waals surface area contributed by atoms with Crippen molar-refractivity contribution in [2.45, 2.75) is 84.5 Å². The molecule has 24 heavy (non-hydrogen) atoms.